The molecule has 0 saturated carbocycles. The van der Waals surface area contributed by atoms with Crippen LogP contribution in [0.1, 0.15) is 0 Å². The van der Waals surface area contributed by atoms with Crippen LogP contribution in [0.5, 0.6) is 0 Å². The van der Waals surface area contributed by atoms with Crippen LogP contribution >= 0.6 is 0 Å². The highest BCUT2D eigenvalue weighted by Gasteiger charge is 2.11. The Bertz CT molecular complexity index is 1360. The van der Waals surface area contributed by atoms with Crippen molar-refractivity contribution in [1.82, 2.24) is 4.98 Å². The number of pyridine rings is 1. The first-order valence-electron chi connectivity index (χ1n) is 8.90. The molecule has 5 aromatic carbocycles. The van der Waals surface area contributed by atoms with Gasteiger partial charge in [0, 0.05) is 17.0 Å². The zero-order chi connectivity index (χ0) is 17.1. The van der Waals surface area contributed by atoms with Gasteiger partial charge in [0.05, 0.1) is 5.52 Å². The van der Waals surface area contributed by atoms with E-state index in [0.29, 0.717) is 0 Å². The summed E-state index contributed by atoms with van der Waals surface area (Å²) in [4.78, 5) is 4.75. The Morgan fingerprint density at radius 2 is 0.885 bits per heavy atom. The number of fused-ring (bicyclic) bond motifs is 8. The molecule has 26 heavy (non-hydrogen) atoms. The Hall–Kier alpha value is -3.45. The normalized spacial score (nSPS) is 11.8. The summed E-state index contributed by atoms with van der Waals surface area (Å²) in [6.07, 6.45) is 1.89. The van der Waals surface area contributed by atoms with Crippen LogP contribution < -0.4 is 0 Å². The minimum Gasteiger partial charge on any atom is -0.256 e. The van der Waals surface area contributed by atoms with E-state index in [0.717, 1.165) is 5.52 Å². The Labute approximate surface area is 150 Å². The molecule has 0 amide bonds. The Morgan fingerprint density at radius 3 is 1.46 bits per heavy atom. The average Bonchev–Trinajstić information content (AvgIpc) is 2.71. The van der Waals surface area contributed by atoms with Crippen LogP contribution in [-0.2, 0) is 0 Å². The highest BCUT2D eigenvalue weighted by atomic mass is 14.6. The Balaban J connectivity index is 1.97. The number of nitrogens with zero attached hydrogens (tertiary/aromatic N) is 1. The Kier molecular flexibility index (Phi) is 2.67. The molecule has 0 atom stereocenters. The lowest BCUT2D eigenvalue weighted by atomic mass is 9.93. The summed E-state index contributed by atoms with van der Waals surface area (Å²) < 4.78 is 0. The average molecular weight is 329 g/mol. The minimum atomic E-state index is 1.08. The zero-order valence-electron chi connectivity index (χ0n) is 14.1. The molecule has 0 aliphatic carbocycles. The molecule has 0 spiro atoms. The van der Waals surface area contributed by atoms with Crippen LogP contribution in [0.15, 0.2) is 91.1 Å². The molecule has 0 fully saturated rings. The molecule has 0 aliphatic rings. The van der Waals surface area contributed by atoms with Crippen molar-refractivity contribution in [1.29, 1.82) is 0 Å². The number of benzene rings is 5. The highest BCUT2D eigenvalue weighted by molar-refractivity contribution is 6.27. The Morgan fingerprint density at radius 1 is 0.423 bits per heavy atom. The number of rotatable bonds is 0. The van der Waals surface area contributed by atoms with Crippen LogP contribution in [0, 0.1) is 0 Å². The molecule has 6 rings (SSSR count). The first-order valence-corrected chi connectivity index (χ1v) is 8.90. The summed E-state index contributed by atoms with van der Waals surface area (Å²) in [7, 11) is 0. The van der Waals surface area contributed by atoms with Crippen molar-refractivity contribution < 1.29 is 0 Å². The van der Waals surface area contributed by atoms with E-state index >= 15 is 0 Å². The second kappa shape index (κ2) is 5.03. The SMILES string of the molecule is c1ccc2cc3c(cc2c1)c1cc2ccccc2cc1c1ncccc31. The minimum absolute atomic E-state index is 1.08. The van der Waals surface area contributed by atoms with Crippen molar-refractivity contribution in [3.8, 4) is 0 Å². The van der Waals surface area contributed by atoms with Crippen LogP contribution in [0.2, 0.25) is 0 Å². The van der Waals surface area contributed by atoms with E-state index < -0.39 is 0 Å². The maximum Gasteiger partial charge on any atom is 0.0786 e. The van der Waals surface area contributed by atoms with Crippen LogP contribution in [0.25, 0.3) is 54.0 Å². The summed E-state index contributed by atoms with van der Waals surface area (Å²) in [6.45, 7) is 0. The van der Waals surface area contributed by atoms with Crippen LogP contribution in [0.4, 0.5) is 0 Å². The second-order valence-corrected chi connectivity index (χ2v) is 6.89. The third-order valence-corrected chi connectivity index (χ3v) is 5.41. The van der Waals surface area contributed by atoms with E-state index in [1.165, 1.54) is 48.5 Å². The van der Waals surface area contributed by atoms with Gasteiger partial charge < -0.3 is 0 Å². The van der Waals surface area contributed by atoms with Crippen molar-refractivity contribution in [2.75, 3.05) is 0 Å². The molecule has 0 radical (unpaired) electrons. The van der Waals surface area contributed by atoms with Gasteiger partial charge >= 0.3 is 0 Å². The molecule has 0 unspecified atom stereocenters. The monoisotopic (exact) mass is 329 g/mol. The molecule has 120 valence electrons. The third kappa shape index (κ3) is 1.83. The summed E-state index contributed by atoms with van der Waals surface area (Å²) in [5, 5.41) is 11.4. The lowest BCUT2D eigenvalue weighted by Gasteiger charge is -2.12. The van der Waals surface area contributed by atoms with Crippen molar-refractivity contribution in [2.24, 2.45) is 0 Å². The summed E-state index contributed by atoms with van der Waals surface area (Å²) in [5.74, 6) is 0. The molecule has 0 N–H and O–H groups in total. The fourth-order valence-electron chi connectivity index (χ4n) is 4.18. The first kappa shape index (κ1) is 13.8. The highest BCUT2D eigenvalue weighted by Crippen LogP contribution is 2.37. The van der Waals surface area contributed by atoms with Crippen LogP contribution in [-0.4, -0.2) is 4.98 Å². The quantitative estimate of drug-likeness (QED) is 0.219. The van der Waals surface area contributed by atoms with Crippen molar-refractivity contribution in [2.45, 2.75) is 0 Å². The predicted octanol–water partition coefficient (Wildman–Crippen LogP) is 6.85. The number of aromatic nitrogens is 1. The van der Waals surface area contributed by atoms with E-state index in [1.807, 2.05) is 12.3 Å². The molecular weight excluding hydrogens is 314 g/mol. The molecular formula is C25H15N. The lowest BCUT2D eigenvalue weighted by Crippen LogP contribution is -1.87. The standard InChI is InChI=1S/C25H15N/c1-2-7-17-13-22-21(12-16(17)6-1)20-10-5-11-26-25(20)24-15-19-9-4-3-8-18(19)14-23(22)24/h1-15H. The fraction of sp³-hybridized carbons (Fsp3) is 0. The smallest absolute Gasteiger partial charge is 0.0786 e. The summed E-state index contributed by atoms with van der Waals surface area (Å²) in [5.41, 5.74) is 1.08. The van der Waals surface area contributed by atoms with Crippen molar-refractivity contribution >= 4 is 54.0 Å². The third-order valence-electron chi connectivity index (χ3n) is 5.41. The van der Waals surface area contributed by atoms with Gasteiger partial charge in [0.1, 0.15) is 0 Å². The van der Waals surface area contributed by atoms with Crippen LogP contribution in [0.3, 0.4) is 0 Å². The maximum atomic E-state index is 4.75. The molecule has 0 saturated heterocycles. The van der Waals surface area contributed by atoms with Gasteiger partial charge in [-0.25, -0.2) is 0 Å². The fourth-order valence-corrected chi connectivity index (χ4v) is 4.18. The largest absolute Gasteiger partial charge is 0.256 e. The van der Waals surface area contributed by atoms with Crippen molar-refractivity contribution in [3.05, 3.63) is 91.1 Å². The van der Waals surface area contributed by atoms with Gasteiger partial charge in [-0.05, 0) is 68.0 Å². The zero-order valence-corrected chi connectivity index (χ0v) is 14.1. The van der Waals surface area contributed by atoms with Gasteiger partial charge in [0.2, 0.25) is 0 Å². The number of hydrogen-bond donors (Lipinski definition) is 0. The predicted molar refractivity (Wildman–Crippen MR) is 112 cm³/mol. The second-order valence-electron chi connectivity index (χ2n) is 6.89. The molecule has 0 bridgehead atoms. The van der Waals surface area contributed by atoms with E-state index in [1.54, 1.807) is 0 Å². The van der Waals surface area contributed by atoms with Gasteiger partial charge in [-0.15, -0.1) is 0 Å². The van der Waals surface area contributed by atoms with Gasteiger partial charge in [-0.2, -0.15) is 0 Å². The van der Waals surface area contributed by atoms with E-state index in [9.17, 15) is 0 Å². The topological polar surface area (TPSA) is 12.9 Å². The van der Waals surface area contributed by atoms with E-state index in [-0.39, 0.29) is 0 Å². The van der Waals surface area contributed by atoms with Gasteiger partial charge in [0.15, 0.2) is 0 Å². The molecule has 1 heterocycles. The molecule has 1 heteroatoms. The van der Waals surface area contributed by atoms with Gasteiger partial charge in [-0.1, -0.05) is 54.6 Å². The maximum absolute atomic E-state index is 4.75. The van der Waals surface area contributed by atoms with E-state index in [2.05, 4.69) is 78.9 Å². The molecule has 1 nitrogen and oxygen atoms in total. The van der Waals surface area contributed by atoms with E-state index in [4.69, 9.17) is 4.98 Å². The number of hydrogen-bond acceptors (Lipinski definition) is 1. The van der Waals surface area contributed by atoms with Crippen molar-refractivity contribution in [3.63, 3.8) is 0 Å². The lowest BCUT2D eigenvalue weighted by molar-refractivity contribution is 1.43. The molecule has 1 aromatic heterocycles. The molecule has 6 aromatic rings. The molecule has 0 aliphatic heterocycles. The summed E-state index contributed by atoms with van der Waals surface area (Å²) >= 11 is 0. The summed E-state index contributed by atoms with van der Waals surface area (Å²) in [6, 6.07) is 30.6. The van der Waals surface area contributed by atoms with Gasteiger partial charge in [-0.3, -0.25) is 4.98 Å². The van der Waals surface area contributed by atoms with Gasteiger partial charge in [0.25, 0.3) is 0 Å². The first-order chi connectivity index (χ1) is 12.9.